The van der Waals surface area contributed by atoms with Gasteiger partial charge >= 0.3 is 0 Å². The molecule has 0 radical (unpaired) electrons. The second kappa shape index (κ2) is 4.09. The normalized spacial score (nSPS) is 9.94. The van der Waals surface area contributed by atoms with Crippen LogP contribution in [0.1, 0.15) is 5.56 Å². The summed E-state index contributed by atoms with van der Waals surface area (Å²) in [7, 11) is 3.59. The zero-order valence-corrected chi connectivity index (χ0v) is 9.49. The minimum atomic E-state index is 0.261. The Morgan fingerprint density at radius 1 is 1.41 bits per heavy atom. The molecule has 0 atom stereocenters. The van der Waals surface area contributed by atoms with Gasteiger partial charge < -0.3 is 10.6 Å². The molecule has 2 aromatic heterocycles. The van der Waals surface area contributed by atoms with Crippen LogP contribution < -0.4 is 10.6 Å². The van der Waals surface area contributed by atoms with Crippen molar-refractivity contribution in [2.75, 3.05) is 24.7 Å². The molecule has 7 heteroatoms. The first-order chi connectivity index (χ1) is 8.15. The van der Waals surface area contributed by atoms with Crippen molar-refractivity contribution in [1.82, 2.24) is 19.7 Å². The number of hydrogen-bond donors (Lipinski definition) is 1. The highest BCUT2D eigenvalue weighted by Crippen LogP contribution is 2.24. The van der Waals surface area contributed by atoms with Crippen molar-refractivity contribution in [3.05, 3.63) is 24.2 Å². The third-order valence-corrected chi connectivity index (χ3v) is 2.20. The molecule has 7 nitrogen and oxygen atoms in total. The number of nitrogens with two attached hydrogens (primary N) is 1. The maximum Gasteiger partial charge on any atom is 0.174 e. The summed E-state index contributed by atoms with van der Waals surface area (Å²) >= 11 is 0. The standard InChI is InChI=1S/C10H11N7/c1-16(2)10-7(5-11)9(12)17(15-10)8-6-13-3-4-14-8/h3-4,6H,12H2,1-2H3. The lowest BCUT2D eigenvalue weighted by Gasteiger charge is -2.07. The Bertz CT molecular complexity index is 564. The van der Waals surface area contributed by atoms with Gasteiger partial charge in [0.05, 0.1) is 6.20 Å². The van der Waals surface area contributed by atoms with Gasteiger partial charge in [-0.15, -0.1) is 5.10 Å². The van der Waals surface area contributed by atoms with Gasteiger partial charge in [-0.05, 0) is 0 Å². The largest absolute Gasteiger partial charge is 0.382 e. The van der Waals surface area contributed by atoms with E-state index in [0.29, 0.717) is 17.2 Å². The number of hydrogen-bond acceptors (Lipinski definition) is 6. The van der Waals surface area contributed by atoms with Crippen LogP contribution in [0.4, 0.5) is 11.6 Å². The molecular weight excluding hydrogens is 218 g/mol. The summed E-state index contributed by atoms with van der Waals surface area (Å²) in [6.45, 7) is 0. The fourth-order valence-corrected chi connectivity index (χ4v) is 1.41. The molecule has 0 bridgehead atoms. The van der Waals surface area contributed by atoms with Crippen molar-refractivity contribution >= 4 is 11.6 Å². The lowest BCUT2D eigenvalue weighted by molar-refractivity contribution is 0.837. The molecular formula is C10H11N7. The van der Waals surface area contributed by atoms with E-state index in [1.165, 1.54) is 17.1 Å². The smallest absolute Gasteiger partial charge is 0.174 e. The van der Waals surface area contributed by atoms with Gasteiger partial charge in [0, 0.05) is 26.5 Å². The molecule has 0 aliphatic heterocycles. The molecule has 0 saturated carbocycles. The van der Waals surface area contributed by atoms with Crippen LogP contribution in [-0.4, -0.2) is 33.8 Å². The van der Waals surface area contributed by atoms with Crippen LogP contribution in [0.2, 0.25) is 0 Å². The van der Waals surface area contributed by atoms with E-state index in [1.807, 2.05) is 6.07 Å². The highest BCUT2D eigenvalue weighted by Gasteiger charge is 2.18. The van der Waals surface area contributed by atoms with Gasteiger partial charge in [-0.2, -0.15) is 9.94 Å². The van der Waals surface area contributed by atoms with Gasteiger partial charge in [0.15, 0.2) is 11.6 Å². The van der Waals surface area contributed by atoms with Crippen LogP contribution in [0.5, 0.6) is 0 Å². The molecule has 0 aromatic carbocycles. The fourth-order valence-electron chi connectivity index (χ4n) is 1.41. The molecule has 17 heavy (non-hydrogen) atoms. The molecule has 0 unspecified atom stereocenters. The highest BCUT2D eigenvalue weighted by atomic mass is 15.4. The first kappa shape index (κ1) is 10.9. The Labute approximate surface area is 98.1 Å². The first-order valence-electron chi connectivity index (χ1n) is 4.87. The Morgan fingerprint density at radius 2 is 2.18 bits per heavy atom. The van der Waals surface area contributed by atoms with Crippen LogP contribution >= 0.6 is 0 Å². The second-order valence-corrected chi connectivity index (χ2v) is 3.57. The van der Waals surface area contributed by atoms with Crippen LogP contribution in [0.25, 0.3) is 5.82 Å². The van der Waals surface area contributed by atoms with Gasteiger partial charge in [-0.3, -0.25) is 4.98 Å². The van der Waals surface area contributed by atoms with Crippen LogP contribution in [0.15, 0.2) is 18.6 Å². The summed E-state index contributed by atoms with van der Waals surface area (Å²) < 4.78 is 1.40. The third kappa shape index (κ3) is 1.76. The zero-order chi connectivity index (χ0) is 12.4. The van der Waals surface area contributed by atoms with Crippen LogP contribution in [0.3, 0.4) is 0 Å². The second-order valence-electron chi connectivity index (χ2n) is 3.57. The maximum absolute atomic E-state index is 9.06. The number of nitrogen functional groups attached to an aromatic ring is 1. The predicted molar refractivity (Wildman–Crippen MR) is 62.6 cm³/mol. The van der Waals surface area contributed by atoms with Gasteiger partial charge in [0.1, 0.15) is 17.5 Å². The van der Waals surface area contributed by atoms with Crippen molar-refractivity contribution in [2.24, 2.45) is 0 Å². The Balaban J connectivity index is 2.62. The lowest BCUT2D eigenvalue weighted by Crippen LogP contribution is -2.11. The monoisotopic (exact) mass is 229 g/mol. The molecule has 0 saturated heterocycles. The topological polar surface area (TPSA) is 96.7 Å². The summed E-state index contributed by atoms with van der Waals surface area (Å²) in [6.07, 6.45) is 4.63. The molecule has 2 N–H and O–H groups in total. The molecule has 0 fully saturated rings. The highest BCUT2D eigenvalue weighted by molar-refractivity contribution is 5.66. The van der Waals surface area contributed by atoms with E-state index in [2.05, 4.69) is 15.1 Å². The molecule has 0 aliphatic carbocycles. The summed E-state index contributed by atoms with van der Waals surface area (Å²) in [6, 6.07) is 2.04. The third-order valence-electron chi connectivity index (χ3n) is 2.20. The van der Waals surface area contributed by atoms with E-state index < -0.39 is 0 Å². The van der Waals surface area contributed by atoms with Gasteiger partial charge in [-0.25, -0.2) is 4.98 Å². The van der Waals surface area contributed by atoms with E-state index in [9.17, 15) is 0 Å². The van der Waals surface area contributed by atoms with Crippen molar-refractivity contribution in [1.29, 1.82) is 5.26 Å². The number of aromatic nitrogens is 4. The van der Waals surface area contributed by atoms with E-state index >= 15 is 0 Å². The Kier molecular flexibility index (Phi) is 2.62. The SMILES string of the molecule is CN(C)c1nn(-c2cnccn2)c(N)c1C#N. The Hall–Kier alpha value is -2.62. The first-order valence-corrected chi connectivity index (χ1v) is 4.87. The van der Waals surface area contributed by atoms with Crippen LogP contribution in [-0.2, 0) is 0 Å². The maximum atomic E-state index is 9.06. The van der Waals surface area contributed by atoms with Crippen LogP contribution in [0, 0.1) is 11.3 Å². The Morgan fingerprint density at radius 3 is 2.65 bits per heavy atom. The van der Waals surface area contributed by atoms with Crippen molar-refractivity contribution < 1.29 is 0 Å². The quantitative estimate of drug-likeness (QED) is 0.789. The number of rotatable bonds is 2. The zero-order valence-electron chi connectivity index (χ0n) is 9.49. The van der Waals surface area contributed by atoms with E-state index in [4.69, 9.17) is 11.0 Å². The van der Waals surface area contributed by atoms with Crippen molar-refractivity contribution in [3.8, 4) is 11.9 Å². The molecule has 2 aromatic rings. The summed E-state index contributed by atoms with van der Waals surface area (Å²) in [5.74, 6) is 1.25. The molecule has 0 aliphatic rings. The molecule has 86 valence electrons. The van der Waals surface area contributed by atoms with Gasteiger partial charge in [0.2, 0.25) is 0 Å². The number of nitriles is 1. The van der Waals surface area contributed by atoms with E-state index in [-0.39, 0.29) is 5.82 Å². The average molecular weight is 229 g/mol. The molecule has 0 amide bonds. The number of nitrogens with zero attached hydrogens (tertiary/aromatic N) is 6. The fraction of sp³-hybridized carbons (Fsp3) is 0.200. The molecule has 0 spiro atoms. The summed E-state index contributed by atoms with van der Waals surface area (Å²) in [5, 5.41) is 13.3. The lowest BCUT2D eigenvalue weighted by atomic mass is 10.3. The van der Waals surface area contributed by atoms with Gasteiger partial charge in [0.25, 0.3) is 0 Å². The summed E-state index contributed by atoms with van der Waals surface area (Å²) in [5.41, 5.74) is 6.20. The average Bonchev–Trinajstić information content (AvgIpc) is 2.67. The van der Waals surface area contributed by atoms with Crippen molar-refractivity contribution in [2.45, 2.75) is 0 Å². The van der Waals surface area contributed by atoms with Gasteiger partial charge in [-0.1, -0.05) is 0 Å². The number of anilines is 2. The molecule has 2 rings (SSSR count). The predicted octanol–water partition coefficient (Wildman–Crippen LogP) is 0.182. The van der Waals surface area contributed by atoms with Crippen molar-refractivity contribution in [3.63, 3.8) is 0 Å². The van der Waals surface area contributed by atoms with E-state index in [0.717, 1.165) is 0 Å². The minimum absolute atomic E-state index is 0.261. The minimum Gasteiger partial charge on any atom is -0.382 e. The molecule has 2 heterocycles. The van der Waals surface area contributed by atoms with E-state index in [1.54, 1.807) is 25.2 Å². The summed E-state index contributed by atoms with van der Waals surface area (Å²) in [4.78, 5) is 9.75.